The number of rotatable bonds is 11. The monoisotopic (exact) mass is 434 g/mol. The summed E-state index contributed by atoms with van der Waals surface area (Å²) in [7, 11) is 0. The van der Waals surface area contributed by atoms with E-state index in [-0.39, 0.29) is 18.9 Å². The maximum Gasteiger partial charge on any atom is 0.240 e. The molecule has 1 heterocycles. The normalized spacial score (nSPS) is 11.8. The van der Waals surface area contributed by atoms with E-state index in [0.29, 0.717) is 12.1 Å². The van der Waals surface area contributed by atoms with Gasteiger partial charge in [-0.05, 0) is 30.2 Å². The van der Waals surface area contributed by atoms with Crippen LogP contribution in [-0.4, -0.2) is 35.3 Å². The first kappa shape index (κ1) is 23.1. The van der Waals surface area contributed by atoms with Crippen molar-refractivity contribution in [2.45, 2.75) is 45.1 Å². The van der Waals surface area contributed by atoms with Crippen LogP contribution < -0.4 is 16.0 Å². The number of H-pyrrole nitrogens is 1. The van der Waals surface area contributed by atoms with E-state index in [2.05, 4.69) is 17.2 Å². The summed E-state index contributed by atoms with van der Waals surface area (Å²) < 4.78 is 0. The van der Waals surface area contributed by atoms with Gasteiger partial charge in [0, 0.05) is 35.6 Å². The lowest BCUT2D eigenvalue weighted by atomic mass is 10.0. The number of anilines is 1. The number of nitrogens with zero attached hydrogens (tertiary/aromatic N) is 1. The molecule has 0 aliphatic heterocycles. The van der Waals surface area contributed by atoms with Crippen LogP contribution in [0.1, 0.15) is 38.2 Å². The molecule has 3 amide bonds. The van der Waals surface area contributed by atoms with Gasteiger partial charge in [0.05, 0.1) is 0 Å². The average molecular weight is 435 g/mol. The molecule has 168 valence electrons. The fraction of sp³-hybridized carbons (Fsp3) is 0.320. The van der Waals surface area contributed by atoms with Crippen molar-refractivity contribution in [2.24, 2.45) is 5.73 Å². The van der Waals surface area contributed by atoms with Gasteiger partial charge in [-0.25, -0.2) is 0 Å². The Bertz CT molecular complexity index is 1060. The Morgan fingerprint density at radius 1 is 1.03 bits per heavy atom. The second-order valence-electron chi connectivity index (χ2n) is 7.86. The molecule has 3 rings (SSSR count). The molecule has 0 bridgehead atoms. The van der Waals surface area contributed by atoms with E-state index in [0.717, 1.165) is 35.7 Å². The number of primary amides is 1. The summed E-state index contributed by atoms with van der Waals surface area (Å²) in [4.78, 5) is 42.4. The van der Waals surface area contributed by atoms with Crippen LogP contribution in [0.3, 0.4) is 0 Å². The van der Waals surface area contributed by atoms with Crippen molar-refractivity contribution < 1.29 is 14.4 Å². The number of aromatic nitrogens is 1. The molecule has 1 atom stereocenters. The smallest absolute Gasteiger partial charge is 0.240 e. The highest BCUT2D eigenvalue weighted by atomic mass is 16.2. The molecule has 0 aliphatic rings. The third-order valence-electron chi connectivity index (χ3n) is 5.44. The van der Waals surface area contributed by atoms with E-state index in [1.165, 1.54) is 4.90 Å². The zero-order valence-corrected chi connectivity index (χ0v) is 18.3. The average Bonchev–Trinajstić information content (AvgIpc) is 3.20. The Labute approximate surface area is 188 Å². The van der Waals surface area contributed by atoms with Crippen LogP contribution in [0.15, 0.2) is 60.8 Å². The van der Waals surface area contributed by atoms with Crippen molar-refractivity contribution in [3.8, 4) is 0 Å². The van der Waals surface area contributed by atoms with Crippen LogP contribution in [0.5, 0.6) is 0 Å². The molecule has 0 spiro atoms. The number of carbonyl (C=O) groups is 3. The largest absolute Gasteiger partial charge is 0.368 e. The van der Waals surface area contributed by atoms with Crippen molar-refractivity contribution >= 4 is 34.3 Å². The van der Waals surface area contributed by atoms with Crippen LogP contribution in [0.4, 0.5) is 5.69 Å². The molecule has 7 heteroatoms. The lowest BCUT2D eigenvalue weighted by Crippen LogP contribution is -2.50. The predicted octanol–water partition coefficient (Wildman–Crippen LogP) is 3.29. The third kappa shape index (κ3) is 5.97. The first-order chi connectivity index (χ1) is 15.5. The number of hydrogen-bond donors (Lipinski definition) is 3. The number of amides is 3. The summed E-state index contributed by atoms with van der Waals surface area (Å²) in [5.74, 6) is -1.17. The lowest BCUT2D eigenvalue weighted by molar-refractivity contribution is -0.127. The summed E-state index contributed by atoms with van der Waals surface area (Å²) in [6, 6.07) is 15.9. The van der Waals surface area contributed by atoms with E-state index >= 15 is 0 Å². The SMILES string of the molecule is CCCCCC(=O)N(CC(=O)N[C@@H](Cc1c[nH]c2ccccc12)C(N)=O)c1ccccc1. The molecule has 0 aliphatic carbocycles. The minimum absolute atomic E-state index is 0.118. The van der Waals surface area contributed by atoms with Gasteiger partial charge in [0.2, 0.25) is 17.7 Å². The summed E-state index contributed by atoms with van der Waals surface area (Å²) >= 11 is 0. The number of carbonyl (C=O) groups excluding carboxylic acids is 3. The van der Waals surface area contributed by atoms with Crippen LogP contribution in [0, 0.1) is 0 Å². The number of aromatic amines is 1. The third-order valence-corrected chi connectivity index (χ3v) is 5.44. The fourth-order valence-corrected chi connectivity index (χ4v) is 3.72. The zero-order valence-electron chi connectivity index (χ0n) is 18.3. The summed E-state index contributed by atoms with van der Waals surface area (Å²) in [5.41, 5.74) is 8.07. The molecular formula is C25H30N4O3. The highest BCUT2D eigenvalue weighted by molar-refractivity contribution is 5.99. The Kier molecular flexibility index (Phi) is 8.02. The molecule has 2 aromatic carbocycles. The molecular weight excluding hydrogens is 404 g/mol. The van der Waals surface area contributed by atoms with Crippen molar-refractivity contribution in [1.82, 2.24) is 10.3 Å². The van der Waals surface area contributed by atoms with Gasteiger partial charge in [0.15, 0.2) is 0 Å². The van der Waals surface area contributed by atoms with Gasteiger partial charge in [0.25, 0.3) is 0 Å². The Morgan fingerprint density at radius 2 is 1.75 bits per heavy atom. The molecule has 4 N–H and O–H groups in total. The van der Waals surface area contributed by atoms with Crippen molar-refractivity contribution in [3.63, 3.8) is 0 Å². The topological polar surface area (TPSA) is 108 Å². The Hall–Kier alpha value is -3.61. The fourth-order valence-electron chi connectivity index (χ4n) is 3.72. The molecule has 3 aromatic rings. The molecule has 0 fully saturated rings. The number of unbranched alkanes of at least 4 members (excludes halogenated alkanes) is 2. The van der Waals surface area contributed by atoms with Crippen LogP contribution in [-0.2, 0) is 20.8 Å². The van der Waals surface area contributed by atoms with E-state index < -0.39 is 17.9 Å². The van der Waals surface area contributed by atoms with Gasteiger partial charge in [-0.1, -0.05) is 56.2 Å². The zero-order chi connectivity index (χ0) is 22.9. The first-order valence-corrected chi connectivity index (χ1v) is 11.0. The highest BCUT2D eigenvalue weighted by Gasteiger charge is 2.24. The van der Waals surface area contributed by atoms with E-state index in [1.807, 2.05) is 48.7 Å². The number of nitrogens with two attached hydrogens (primary N) is 1. The van der Waals surface area contributed by atoms with Crippen molar-refractivity contribution in [2.75, 3.05) is 11.4 Å². The summed E-state index contributed by atoms with van der Waals surface area (Å²) in [6.45, 7) is 1.90. The molecule has 0 radical (unpaired) electrons. The van der Waals surface area contributed by atoms with Crippen LogP contribution in [0.25, 0.3) is 10.9 Å². The van der Waals surface area contributed by atoms with Gasteiger partial charge < -0.3 is 20.9 Å². The second-order valence-corrected chi connectivity index (χ2v) is 7.86. The summed E-state index contributed by atoms with van der Waals surface area (Å²) in [5, 5.41) is 3.70. The number of benzene rings is 2. The molecule has 1 aromatic heterocycles. The van der Waals surface area contributed by atoms with E-state index in [9.17, 15) is 14.4 Å². The minimum Gasteiger partial charge on any atom is -0.368 e. The maximum absolute atomic E-state index is 12.8. The lowest BCUT2D eigenvalue weighted by Gasteiger charge is -2.24. The van der Waals surface area contributed by atoms with Crippen LogP contribution in [0.2, 0.25) is 0 Å². The minimum atomic E-state index is -0.880. The van der Waals surface area contributed by atoms with Crippen molar-refractivity contribution in [1.29, 1.82) is 0 Å². The molecule has 0 saturated heterocycles. The van der Waals surface area contributed by atoms with Gasteiger partial charge in [-0.15, -0.1) is 0 Å². The van der Waals surface area contributed by atoms with Gasteiger partial charge in [0.1, 0.15) is 12.6 Å². The molecule has 0 saturated carbocycles. The predicted molar refractivity (Wildman–Crippen MR) is 126 cm³/mol. The number of fused-ring (bicyclic) bond motifs is 1. The first-order valence-electron chi connectivity index (χ1n) is 11.0. The van der Waals surface area contributed by atoms with Crippen LogP contribution >= 0.6 is 0 Å². The number of hydrogen-bond acceptors (Lipinski definition) is 3. The molecule has 7 nitrogen and oxygen atoms in total. The molecule has 0 unspecified atom stereocenters. The van der Waals surface area contributed by atoms with Gasteiger partial charge >= 0.3 is 0 Å². The van der Waals surface area contributed by atoms with E-state index in [1.54, 1.807) is 12.1 Å². The summed E-state index contributed by atoms with van der Waals surface area (Å²) in [6.07, 6.45) is 5.18. The van der Waals surface area contributed by atoms with E-state index in [4.69, 9.17) is 5.73 Å². The second kappa shape index (κ2) is 11.1. The number of nitrogens with one attached hydrogen (secondary N) is 2. The standard InChI is InChI=1S/C25H30N4O3/c1-2-3-5-14-24(31)29(19-10-6-4-7-11-19)17-23(30)28-22(25(26)32)15-18-16-27-21-13-9-8-12-20(18)21/h4,6-13,16,22,27H,2-3,5,14-15,17H2,1H3,(H2,26,32)(H,28,30)/t22-/m0/s1. The maximum atomic E-state index is 12.8. The Morgan fingerprint density at radius 3 is 2.47 bits per heavy atom. The quantitative estimate of drug-likeness (QED) is 0.403. The molecule has 32 heavy (non-hydrogen) atoms. The van der Waals surface area contributed by atoms with Gasteiger partial charge in [-0.3, -0.25) is 14.4 Å². The van der Waals surface area contributed by atoms with Gasteiger partial charge in [-0.2, -0.15) is 0 Å². The Balaban J connectivity index is 1.71. The van der Waals surface area contributed by atoms with Crippen molar-refractivity contribution in [3.05, 3.63) is 66.4 Å². The number of para-hydroxylation sites is 2. The highest BCUT2D eigenvalue weighted by Crippen LogP contribution is 2.19.